The summed E-state index contributed by atoms with van der Waals surface area (Å²) >= 11 is 0. The van der Waals surface area contributed by atoms with Gasteiger partial charge in [-0.25, -0.2) is 4.98 Å². The molecule has 1 N–H and O–H groups in total. The Balaban J connectivity index is 1.92. The van der Waals surface area contributed by atoms with Crippen molar-refractivity contribution in [3.63, 3.8) is 0 Å². The largest absolute Gasteiger partial charge is 0.375 e. The van der Waals surface area contributed by atoms with E-state index in [2.05, 4.69) is 55.5 Å². The molecule has 2 aromatic rings. The third-order valence-electron chi connectivity index (χ3n) is 3.55. The summed E-state index contributed by atoms with van der Waals surface area (Å²) in [5.41, 5.74) is 2.56. The Labute approximate surface area is 113 Å². The van der Waals surface area contributed by atoms with E-state index in [1.807, 2.05) is 11.7 Å². The van der Waals surface area contributed by atoms with Crippen molar-refractivity contribution in [3.8, 4) is 0 Å². The molecule has 1 aliphatic rings. The highest BCUT2D eigenvalue weighted by molar-refractivity contribution is 5.57. The molecule has 1 aliphatic heterocycles. The summed E-state index contributed by atoms with van der Waals surface area (Å²) in [6, 6.07) is 8.66. The van der Waals surface area contributed by atoms with Crippen molar-refractivity contribution in [2.75, 3.05) is 5.32 Å². The minimum atomic E-state index is -0.0124. The summed E-state index contributed by atoms with van der Waals surface area (Å²) in [6.45, 7) is 6.43. The van der Waals surface area contributed by atoms with E-state index in [0.29, 0.717) is 0 Å². The van der Waals surface area contributed by atoms with Gasteiger partial charge in [0.15, 0.2) is 5.82 Å². The molecule has 0 spiro atoms. The Morgan fingerprint density at radius 3 is 2.63 bits per heavy atom. The van der Waals surface area contributed by atoms with Gasteiger partial charge in [0, 0.05) is 24.6 Å². The second-order valence-corrected chi connectivity index (χ2v) is 6.23. The maximum atomic E-state index is 4.74. The number of aromatic nitrogens is 3. The van der Waals surface area contributed by atoms with Gasteiger partial charge < -0.3 is 5.32 Å². The molecule has 1 aromatic heterocycles. The smallest absolute Gasteiger partial charge is 0.156 e. The fourth-order valence-electron chi connectivity index (χ4n) is 2.47. The molecule has 19 heavy (non-hydrogen) atoms. The van der Waals surface area contributed by atoms with E-state index in [9.17, 15) is 0 Å². The van der Waals surface area contributed by atoms with E-state index < -0.39 is 0 Å². The molecule has 4 nitrogen and oxygen atoms in total. The molecule has 0 aliphatic carbocycles. The molecule has 1 aromatic carbocycles. The Kier molecular flexibility index (Phi) is 2.62. The van der Waals surface area contributed by atoms with Gasteiger partial charge in [-0.05, 0) is 11.6 Å². The van der Waals surface area contributed by atoms with E-state index in [1.54, 1.807) is 0 Å². The van der Waals surface area contributed by atoms with Crippen molar-refractivity contribution in [2.24, 2.45) is 7.05 Å². The lowest BCUT2D eigenvalue weighted by Gasteiger charge is -2.12. The van der Waals surface area contributed by atoms with Crippen LogP contribution in [0.25, 0.3) is 0 Å². The van der Waals surface area contributed by atoms with Crippen LogP contribution in [-0.4, -0.2) is 14.8 Å². The lowest BCUT2D eigenvalue weighted by atomic mass is 9.96. The van der Waals surface area contributed by atoms with Gasteiger partial charge >= 0.3 is 0 Å². The Hall–Kier alpha value is -1.84. The molecule has 0 amide bonds. The van der Waals surface area contributed by atoms with Gasteiger partial charge in [-0.15, -0.1) is 0 Å². The van der Waals surface area contributed by atoms with Gasteiger partial charge in [0.05, 0.1) is 6.04 Å². The minimum Gasteiger partial charge on any atom is -0.375 e. The summed E-state index contributed by atoms with van der Waals surface area (Å²) in [5, 5.41) is 8.09. The van der Waals surface area contributed by atoms with Gasteiger partial charge in [-0.3, -0.25) is 4.68 Å². The number of benzene rings is 1. The first kappa shape index (κ1) is 12.2. The number of para-hydroxylation sites is 1. The molecule has 1 atom stereocenters. The van der Waals surface area contributed by atoms with Crippen molar-refractivity contribution in [1.29, 1.82) is 0 Å². The summed E-state index contributed by atoms with van der Waals surface area (Å²) in [6.07, 6.45) is 0.978. The number of nitrogens with zero attached hydrogens (tertiary/aromatic N) is 3. The van der Waals surface area contributed by atoms with E-state index in [0.717, 1.165) is 18.1 Å². The third-order valence-corrected chi connectivity index (χ3v) is 3.55. The first-order chi connectivity index (χ1) is 8.95. The van der Waals surface area contributed by atoms with Crippen molar-refractivity contribution in [3.05, 3.63) is 41.5 Å². The van der Waals surface area contributed by atoms with Crippen LogP contribution < -0.4 is 5.32 Å². The van der Waals surface area contributed by atoms with Crippen LogP contribution in [0.4, 0.5) is 5.69 Å². The monoisotopic (exact) mass is 256 g/mol. The van der Waals surface area contributed by atoms with Crippen LogP contribution >= 0.6 is 0 Å². The maximum absolute atomic E-state index is 4.74. The number of hydrogen-bond acceptors (Lipinski definition) is 3. The summed E-state index contributed by atoms with van der Waals surface area (Å²) in [4.78, 5) is 4.74. The zero-order valence-electron chi connectivity index (χ0n) is 11.9. The highest BCUT2D eigenvalue weighted by Gasteiger charge is 2.28. The molecule has 0 saturated heterocycles. The summed E-state index contributed by atoms with van der Waals surface area (Å²) < 4.78 is 1.91. The normalized spacial score (nSPS) is 18.2. The van der Waals surface area contributed by atoms with Crippen LogP contribution in [-0.2, 0) is 18.9 Å². The fourth-order valence-corrected chi connectivity index (χ4v) is 2.47. The van der Waals surface area contributed by atoms with Gasteiger partial charge in [0.25, 0.3) is 0 Å². The molecule has 0 saturated carbocycles. The standard InChI is InChI=1S/C15H20N4/c1-15(2,3)14-17-13(19(4)18-14)12-9-10-7-5-6-8-11(10)16-12/h5-8,12,16H,9H2,1-4H3. The highest BCUT2D eigenvalue weighted by Crippen LogP contribution is 2.33. The summed E-state index contributed by atoms with van der Waals surface area (Å²) in [7, 11) is 1.97. The zero-order chi connectivity index (χ0) is 13.6. The van der Waals surface area contributed by atoms with Gasteiger partial charge in [0.2, 0.25) is 0 Å². The molecule has 2 heterocycles. The van der Waals surface area contributed by atoms with Crippen LogP contribution in [0.5, 0.6) is 0 Å². The van der Waals surface area contributed by atoms with Gasteiger partial charge in [0.1, 0.15) is 5.82 Å². The number of hydrogen-bond donors (Lipinski definition) is 1. The summed E-state index contributed by atoms with van der Waals surface area (Å²) in [5.74, 6) is 1.92. The van der Waals surface area contributed by atoms with Crippen LogP contribution in [0.1, 0.15) is 44.0 Å². The predicted octanol–water partition coefficient (Wildman–Crippen LogP) is 2.82. The predicted molar refractivity (Wildman–Crippen MR) is 76.2 cm³/mol. The third kappa shape index (κ3) is 2.11. The van der Waals surface area contributed by atoms with E-state index in [4.69, 9.17) is 4.98 Å². The van der Waals surface area contributed by atoms with Crippen molar-refractivity contribution in [1.82, 2.24) is 14.8 Å². The molecular formula is C15H20N4. The van der Waals surface area contributed by atoms with Crippen molar-refractivity contribution < 1.29 is 0 Å². The molecule has 0 radical (unpaired) electrons. The van der Waals surface area contributed by atoms with Gasteiger partial charge in [-0.1, -0.05) is 39.0 Å². The Morgan fingerprint density at radius 1 is 1.26 bits per heavy atom. The number of aryl methyl sites for hydroxylation is 1. The van der Waals surface area contributed by atoms with Crippen molar-refractivity contribution in [2.45, 2.75) is 38.6 Å². The highest BCUT2D eigenvalue weighted by atomic mass is 15.3. The van der Waals surface area contributed by atoms with Gasteiger partial charge in [-0.2, -0.15) is 5.10 Å². The van der Waals surface area contributed by atoms with E-state index >= 15 is 0 Å². The molecule has 0 bridgehead atoms. The van der Waals surface area contributed by atoms with Crippen LogP contribution in [0, 0.1) is 0 Å². The average Bonchev–Trinajstić information content (AvgIpc) is 2.90. The second kappa shape index (κ2) is 4.08. The Bertz CT molecular complexity index is 582. The molecule has 0 fully saturated rings. The number of anilines is 1. The SMILES string of the molecule is Cn1nc(C(C)(C)C)nc1C1Cc2ccccc2N1. The quantitative estimate of drug-likeness (QED) is 0.853. The maximum Gasteiger partial charge on any atom is 0.156 e. The lowest BCUT2D eigenvalue weighted by Crippen LogP contribution is -2.14. The first-order valence-corrected chi connectivity index (χ1v) is 6.71. The molecule has 3 rings (SSSR count). The fraction of sp³-hybridized carbons (Fsp3) is 0.467. The molecule has 1 unspecified atom stereocenters. The van der Waals surface area contributed by atoms with Crippen LogP contribution in [0.15, 0.2) is 24.3 Å². The van der Waals surface area contributed by atoms with E-state index in [1.165, 1.54) is 11.3 Å². The first-order valence-electron chi connectivity index (χ1n) is 6.71. The van der Waals surface area contributed by atoms with Crippen LogP contribution in [0.3, 0.4) is 0 Å². The Morgan fingerprint density at radius 2 is 2.00 bits per heavy atom. The number of fused-ring (bicyclic) bond motifs is 1. The second-order valence-electron chi connectivity index (χ2n) is 6.23. The average molecular weight is 256 g/mol. The zero-order valence-corrected chi connectivity index (χ0v) is 11.9. The molecular weight excluding hydrogens is 236 g/mol. The lowest BCUT2D eigenvalue weighted by molar-refractivity contribution is 0.538. The van der Waals surface area contributed by atoms with Crippen LogP contribution in [0.2, 0.25) is 0 Å². The molecule has 4 heteroatoms. The minimum absolute atomic E-state index is 0.0124. The number of rotatable bonds is 1. The topological polar surface area (TPSA) is 42.7 Å². The molecule has 100 valence electrons. The van der Waals surface area contributed by atoms with E-state index in [-0.39, 0.29) is 11.5 Å². The number of nitrogens with one attached hydrogen (secondary N) is 1. The van der Waals surface area contributed by atoms with Crippen molar-refractivity contribution >= 4 is 5.69 Å².